The van der Waals surface area contributed by atoms with Crippen LogP contribution in [0.25, 0.3) is 0 Å². The molecule has 0 radical (unpaired) electrons. The first-order valence-electron chi connectivity index (χ1n) is 11.1. The number of ether oxygens (including phenoxy) is 1. The Hall–Kier alpha value is -2.73. The average Bonchev–Trinajstić information content (AvgIpc) is 3.58. The maximum atomic E-state index is 13.6. The normalized spacial score (nSPS) is 32.5. The van der Waals surface area contributed by atoms with Crippen molar-refractivity contribution < 1.29 is 19.1 Å². The van der Waals surface area contributed by atoms with E-state index in [4.69, 9.17) is 4.74 Å². The molecule has 2 amide bonds. The first kappa shape index (κ1) is 19.9. The van der Waals surface area contributed by atoms with Gasteiger partial charge in [-0.15, -0.1) is 0 Å². The molecule has 2 bridgehead atoms. The summed E-state index contributed by atoms with van der Waals surface area (Å²) >= 11 is 3.37. The molecule has 162 valence electrons. The van der Waals surface area contributed by atoms with Gasteiger partial charge in [0, 0.05) is 10.9 Å². The summed E-state index contributed by atoms with van der Waals surface area (Å²) in [5.74, 6) is -0.00218. The van der Waals surface area contributed by atoms with E-state index in [9.17, 15) is 14.4 Å². The Morgan fingerprint density at radius 3 is 2.12 bits per heavy atom. The summed E-state index contributed by atoms with van der Waals surface area (Å²) in [6.07, 6.45) is 5.62. The highest BCUT2D eigenvalue weighted by atomic mass is 79.9. The number of hydrogen-bond donors (Lipinski definition) is 0. The summed E-state index contributed by atoms with van der Waals surface area (Å²) in [7, 11) is 0. The van der Waals surface area contributed by atoms with E-state index in [-0.39, 0.29) is 41.9 Å². The van der Waals surface area contributed by atoms with Crippen molar-refractivity contribution in [2.75, 3.05) is 0 Å². The zero-order valence-electron chi connectivity index (χ0n) is 17.3. The molecule has 0 N–H and O–H groups in total. The minimum Gasteiger partial charge on any atom is -0.425 e. The lowest BCUT2D eigenvalue weighted by atomic mass is 9.63. The molecule has 7 atom stereocenters. The highest BCUT2D eigenvalue weighted by molar-refractivity contribution is 9.10. The topological polar surface area (TPSA) is 63.7 Å². The largest absolute Gasteiger partial charge is 0.425 e. The van der Waals surface area contributed by atoms with Crippen LogP contribution in [-0.2, 0) is 20.8 Å². The Morgan fingerprint density at radius 1 is 0.938 bits per heavy atom. The smallest absolute Gasteiger partial charge is 0.335 e. The van der Waals surface area contributed by atoms with Crippen molar-refractivity contribution in [3.05, 3.63) is 76.8 Å². The van der Waals surface area contributed by atoms with Crippen LogP contribution in [0.5, 0.6) is 5.75 Å². The molecule has 0 unspecified atom stereocenters. The Morgan fingerprint density at radius 2 is 1.53 bits per heavy atom. The first-order chi connectivity index (χ1) is 15.5. The maximum Gasteiger partial charge on any atom is 0.335 e. The molecule has 7 rings (SSSR count). The molecule has 4 aliphatic carbocycles. The van der Waals surface area contributed by atoms with Gasteiger partial charge in [0.1, 0.15) is 11.8 Å². The first-order valence-corrected chi connectivity index (χ1v) is 11.9. The fourth-order valence-electron chi connectivity index (χ4n) is 6.09. The van der Waals surface area contributed by atoms with E-state index in [1.165, 1.54) is 4.90 Å². The van der Waals surface area contributed by atoms with Crippen LogP contribution >= 0.6 is 15.9 Å². The Kier molecular flexibility index (Phi) is 4.61. The van der Waals surface area contributed by atoms with Gasteiger partial charge in [0.25, 0.3) is 0 Å². The summed E-state index contributed by atoms with van der Waals surface area (Å²) in [4.78, 5) is 41.8. The van der Waals surface area contributed by atoms with Crippen LogP contribution in [0.4, 0.5) is 0 Å². The van der Waals surface area contributed by atoms with Crippen LogP contribution < -0.4 is 4.74 Å². The average molecular weight is 492 g/mol. The molecule has 5 nitrogen and oxygen atoms in total. The fourth-order valence-corrected chi connectivity index (χ4v) is 6.36. The predicted octanol–water partition coefficient (Wildman–Crippen LogP) is 4.02. The van der Waals surface area contributed by atoms with Gasteiger partial charge in [-0.1, -0.05) is 58.4 Å². The molecule has 2 saturated carbocycles. The van der Waals surface area contributed by atoms with E-state index in [0.717, 1.165) is 16.5 Å². The lowest BCUT2D eigenvalue weighted by Crippen LogP contribution is -2.48. The molecule has 3 fully saturated rings. The van der Waals surface area contributed by atoms with E-state index in [1.807, 2.05) is 30.3 Å². The van der Waals surface area contributed by atoms with E-state index >= 15 is 0 Å². The van der Waals surface area contributed by atoms with Crippen molar-refractivity contribution in [1.29, 1.82) is 0 Å². The van der Waals surface area contributed by atoms with Gasteiger partial charge in [0.2, 0.25) is 11.8 Å². The number of carbonyl (C=O) groups is 3. The Balaban J connectivity index is 1.33. The molecule has 6 heteroatoms. The van der Waals surface area contributed by atoms with Crippen molar-refractivity contribution in [2.24, 2.45) is 35.5 Å². The Labute approximate surface area is 194 Å². The number of carbonyl (C=O) groups excluding carboxylic acids is 3. The third kappa shape index (κ3) is 3.07. The maximum absolute atomic E-state index is 13.6. The molecular weight excluding hydrogens is 470 g/mol. The summed E-state index contributed by atoms with van der Waals surface area (Å²) in [5.41, 5.74) is 0.879. The van der Waals surface area contributed by atoms with E-state index in [0.29, 0.717) is 17.6 Å². The predicted molar refractivity (Wildman–Crippen MR) is 120 cm³/mol. The molecule has 1 aliphatic heterocycles. The minimum absolute atomic E-state index is 0.122. The number of halogens is 1. The molecular formula is C26H22BrNO4. The van der Waals surface area contributed by atoms with Crippen molar-refractivity contribution in [3.63, 3.8) is 0 Å². The molecule has 5 aliphatic rings. The van der Waals surface area contributed by atoms with E-state index in [1.54, 1.807) is 24.3 Å². The zero-order valence-corrected chi connectivity index (χ0v) is 18.9. The highest BCUT2D eigenvalue weighted by Crippen LogP contribution is 2.65. The minimum atomic E-state index is -0.984. The number of esters is 1. The number of nitrogens with zero attached hydrogens (tertiary/aromatic N) is 1. The van der Waals surface area contributed by atoms with Gasteiger partial charge >= 0.3 is 5.97 Å². The second kappa shape index (κ2) is 7.41. The van der Waals surface area contributed by atoms with Crippen LogP contribution in [0.1, 0.15) is 12.0 Å². The lowest BCUT2D eigenvalue weighted by molar-refractivity contribution is -0.153. The van der Waals surface area contributed by atoms with Crippen LogP contribution in [-0.4, -0.2) is 28.7 Å². The zero-order chi connectivity index (χ0) is 22.0. The van der Waals surface area contributed by atoms with Gasteiger partial charge in [-0.2, -0.15) is 0 Å². The number of benzene rings is 2. The van der Waals surface area contributed by atoms with Gasteiger partial charge in [-0.3, -0.25) is 14.5 Å². The van der Waals surface area contributed by atoms with Crippen LogP contribution in [0.2, 0.25) is 0 Å². The SMILES string of the molecule is O=C(Oc1ccc(Br)cc1)[C@H](Cc1ccccc1)N1C(=O)[C@@H]2[C@@H]3C=C[C@H]([C@H]4C[C@@H]34)[C@@H]2C1=O. The molecule has 1 saturated heterocycles. The third-order valence-electron chi connectivity index (χ3n) is 7.58. The molecule has 1 heterocycles. The van der Waals surface area contributed by atoms with Crippen molar-refractivity contribution >= 4 is 33.7 Å². The number of amides is 2. The second-order valence-corrected chi connectivity index (χ2v) is 10.2. The van der Waals surface area contributed by atoms with Crippen molar-refractivity contribution in [2.45, 2.75) is 18.9 Å². The monoisotopic (exact) mass is 491 g/mol. The summed E-state index contributed by atoms with van der Waals surface area (Å²) in [6.45, 7) is 0. The number of imide groups is 1. The van der Waals surface area contributed by atoms with Crippen LogP contribution in [0, 0.1) is 35.5 Å². The van der Waals surface area contributed by atoms with Gasteiger partial charge < -0.3 is 4.74 Å². The molecule has 2 aromatic carbocycles. The fraction of sp³-hybridized carbons (Fsp3) is 0.346. The summed E-state index contributed by atoms with van der Waals surface area (Å²) < 4.78 is 6.51. The standard InChI is InChI=1S/C26H22BrNO4/c27-15-6-8-16(9-7-15)32-26(31)21(12-14-4-2-1-3-5-14)28-24(29)22-17-10-11-18(20-13-19(17)20)23(22)25(28)30/h1-11,17-23H,12-13H2/t17-,18-,19-,20+,21+,22+,23-/m1/s1. The van der Waals surface area contributed by atoms with Crippen LogP contribution in [0.3, 0.4) is 0 Å². The quantitative estimate of drug-likeness (QED) is 0.274. The number of allylic oxidation sites excluding steroid dienone is 2. The number of likely N-dealkylation sites (tertiary alicyclic amines) is 1. The molecule has 2 aromatic rings. The van der Waals surface area contributed by atoms with Crippen molar-refractivity contribution in [1.82, 2.24) is 4.90 Å². The van der Waals surface area contributed by atoms with E-state index in [2.05, 4.69) is 28.1 Å². The van der Waals surface area contributed by atoms with Crippen LogP contribution in [0.15, 0.2) is 71.2 Å². The van der Waals surface area contributed by atoms with Gasteiger partial charge in [0.15, 0.2) is 0 Å². The number of rotatable bonds is 5. The number of hydrogen-bond acceptors (Lipinski definition) is 4. The van der Waals surface area contributed by atoms with Crippen molar-refractivity contribution in [3.8, 4) is 5.75 Å². The lowest BCUT2D eigenvalue weighted by Gasteiger charge is -2.37. The highest BCUT2D eigenvalue weighted by Gasteiger charge is 2.68. The second-order valence-electron chi connectivity index (χ2n) is 9.28. The molecule has 0 spiro atoms. The molecule has 0 aromatic heterocycles. The van der Waals surface area contributed by atoms with Gasteiger partial charge in [-0.05, 0) is 59.9 Å². The van der Waals surface area contributed by atoms with Gasteiger partial charge in [0.05, 0.1) is 11.8 Å². The Bertz CT molecular complexity index is 1090. The third-order valence-corrected chi connectivity index (χ3v) is 8.11. The summed E-state index contributed by atoms with van der Waals surface area (Å²) in [6, 6.07) is 15.4. The van der Waals surface area contributed by atoms with E-state index < -0.39 is 12.0 Å². The van der Waals surface area contributed by atoms with Gasteiger partial charge in [-0.25, -0.2) is 4.79 Å². The molecule has 32 heavy (non-hydrogen) atoms. The summed E-state index contributed by atoms with van der Waals surface area (Å²) in [5, 5.41) is 0.